The number of methoxy groups -OCH3 is 1. The van der Waals surface area contributed by atoms with E-state index in [-0.39, 0.29) is 5.91 Å². The number of nitrogens with two attached hydrogens (primary N) is 1. The lowest BCUT2D eigenvalue weighted by Crippen LogP contribution is -2.13. The summed E-state index contributed by atoms with van der Waals surface area (Å²) in [6.45, 7) is 0.518. The average Bonchev–Trinajstić information content (AvgIpc) is 2.91. The van der Waals surface area contributed by atoms with Crippen LogP contribution in [0.25, 0.3) is 0 Å². The second kappa shape index (κ2) is 7.35. The first-order chi connectivity index (χ1) is 10.0. The van der Waals surface area contributed by atoms with E-state index in [1.165, 1.54) is 11.3 Å². The van der Waals surface area contributed by atoms with Gasteiger partial charge in [-0.05, 0) is 44.5 Å². The van der Waals surface area contributed by atoms with Crippen molar-refractivity contribution in [1.29, 1.82) is 0 Å². The van der Waals surface area contributed by atoms with Gasteiger partial charge in [-0.3, -0.25) is 4.79 Å². The highest BCUT2D eigenvalue weighted by Gasteiger charge is 2.14. The zero-order chi connectivity index (χ0) is 15.4. The van der Waals surface area contributed by atoms with E-state index in [1.54, 1.807) is 18.6 Å². The van der Waals surface area contributed by atoms with E-state index in [4.69, 9.17) is 10.5 Å². The third-order valence-corrected chi connectivity index (χ3v) is 4.82. The van der Waals surface area contributed by atoms with Crippen molar-refractivity contribution in [3.8, 4) is 5.75 Å². The van der Waals surface area contributed by atoms with Crippen molar-refractivity contribution in [3.05, 3.63) is 37.2 Å². The molecule has 0 spiro atoms. The van der Waals surface area contributed by atoms with E-state index in [0.29, 0.717) is 30.1 Å². The lowest BCUT2D eigenvalue weighted by Gasteiger charge is -2.10. The Morgan fingerprint density at radius 2 is 2.19 bits per heavy atom. The number of nitrogens with one attached hydrogen (secondary N) is 1. The van der Waals surface area contributed by atoms with Crippen LogP contribution in [0.15, 0.2) is 26.5 Å². The van der Waals surface area contributed by atoms with Gasteiger partial charge in [0.05, 0.1) is 22.3 Å². The molecule has 21 heavy (non-hydrogen) atoms. The molecule has 2 aromatic rings. The molecule has 0 aliphatic carbocycles. The Morgan fingerprint density at radius 3 is 2.86 bits per heavy atom. The molecule has 0 fully saturated rings. The van der Waals surface area contributed by atoms with Crippen molar-refractivity contribution in [2.24, 2.45) is 5.73 Å². The molecule has 1 aromatic heterocycles. The molecule has 0 bridgehead atoms. The van der Waals surface area contributed by atoms with Crippen molar-refractivity contribution in [1.82, 2.24) is 4.98 Å². The van der Waals surface area contributed by atoms with Crippen LogP contribution in [0.2, 0.25) is 0 Å². The molecule has 0 atom stereocenters. The molecule has 0 saturated carbocycles. The molecule has 0 unspecified atom stereocenters. The molecule has 1 heterocycles. The average molecular weight is 435 g/mol. The van der Waals surface area contributed by atoms with Crippen LogP contribution in [0.5, 0.6) is 5.75 Å². The summed E-state index contributed by atoms with van der Waals surface area (Å²) in [7, 11) is 1.57. The van der Waals surface area contributed by atoms with Crippen LogP contribution >= 0.6 is 43.2 Å². The number of thiazole rings is 1. The summed E-state index contributed by atoms with van der Waals surface area (Å²) < 4.78 is 6.77. The fraction of sp³-hybridized carbons (Fsp3) is 0.231. The lowest BCUT2D eigenvalue weighted by atomic mass is 10.3. The van der Waals surface area contributed by atoms with Gasteiger partial charge >= 0.3 is 0 Å². The van der Waals surface area contributed by atoms with Crippen LogP contribution in [0.1, 0.15) is 15.5 Å². The molecule has 5 nitrogen and oxygen atoms in total. The van der Waals surface area contributed by atoms with Crippen LogP contribution in [0.3, 0.4) is 0 Å². The molecule has 0 aliphatic heterocycles. The van der Waals surface area contributed by atoms with Gasteiger partial charge in [0.15, 0.2) is 0 Å². The van der Waals surface area contributed by atoms with Gasteiger partial charge in [0.1, 0.15) is 11.4 Å². The van der Waals surface area contributed by atoms with Gasteiger partial charge in [0, 0.05) is 22.3 Å². The number of halogens is 2. The second-order valence-electron chi connectivity index (χ2n) is 4.09. The van der Waals surface area contributed by atoms with Gasteiger partial charge in [-0.1, -0.05) is 0 Å². The number of aromatic nitrogens is 1. The zero-order valence-electron chi connectivity index (χ0n) is 11.2. The topological polar surface area (TPSA) is 77.2 Å². The van der Waals surface area contributed by atoms with Crippen LogP contribution < -0.4 is 15.8 Å². The number of hydrogen-bond donors (Lipinski definition) is 2. The number of rotatable bonds is 5. The summed E-state index contributed by atoms with van der Waals surface area (Å²) in [5, 5.41) is 5.39. The third-order valence-electron chi connectivity index (χ3n) is 2.63. The third kappa shape index (κ3) is 4.03. The predicted octanol–water partition coefficient (Wildman–Crippen LogP) is 3.43. The van der Waals surface area contributed by atoms with Crippen molar-refractivity contribution in [3.63, 3.8) is 0 Å². The van der Waals surface area contributed by atoms with E-state index < -0.39 is 0 Å². The minimum Gasteiger partial charge on any atom is -0.495 e. The smallest absolute Gasteiger partial charge is 0.275 e. The second-order valence-corrected chi connectivity index (χ2v) is 6.74. The normalized spacial score (nSPS) is 10.5. The minimum absolute atomic E-state index is 0.264. The fourth-order valence-corrected chi connectivity index (χ4v) is 3.67. The first kappa shape index (κ1) is 16.4. The van der Waals surface area contributed by atoms with Crippen molar-refractivity contribution in [2.45, 2.75) is 6.42 Å². The number of amides is 1. The van der Waals surface area contributed by atoms with Gasteiger partial charge < -0.3 is 15.8 Å². The van der Waals surface area contributed by atoms with Crippen LogP contribution in [-0.2, 0) is 6.42 Å². The highest BCUT2D eigenvalue weighted by Crippen LogP contribution is 2.34. The van der Waals surface area contributed by atoms with Crippen LogP contribution in [0.4, 0.5) is 5.69 Å². The van der Waals surface area contributed by atoms with Crippen LogP contribution in [0, 0.1) is 0 Å². The number of nitrogens with zero attached hydrogens (tertiary/aromatic N) is 1. The van der Waals surface area contributed by atoms with Crippen molar-refractivity contribution >= 4 is 54.8 Å². The van der Waals surface area contributed by atoms with E-state index in [0.717, 1.165) is 14.0 Å². The molecule has 2 rings (SSSR count). The molecular formula is C13H13Br2N3O2S. The molecule has 8 heteroatoms. The first-order valence-electron chi connectivity index (χ1n) is 6.04. The number of ether oxygens (including phenoxy) is 1. The molecule has 3 N–H and O–H groups in total. The highest BCUT2D eigenvalue weighted by molar-refractivity contribution is 9.11. The van der Waals surface area contributed by atoms with Gasteiger partial charge in [0.25, 0.3) is 5.91 Å². The minimum atomic E-state index is -0.264. The van der Waals surface area contributed by atoms with E-state index in [1.807, 2.05) is 6.07 Å². The zero-order valence-corrected chi connectivity index (χ0v) is 15.1. The summed E-state index contributed by atoms with van der Waals surface area (Å²) in [5.74, 6) is 0.371. The molecule has 112 valence electrons. The summed E-state index contributed by atoms with van der Waals surface area (Å²) in [4.78, 5) is 16.5. The van der Waals surface area contributed by atoms with Crippen molar-refractivity contribution < 1.29 is 9.53 Å². The Kier molecular flexibility index (Phi) is 5.74. The van der Waals surface area contributed by atoms with E-state index >= 15 is 0 Å². The van der Waals surface area contributed by atoms with Gasteiger partial charge in [-0.25, -0.2) is 4.98 Å². The molecule has 0 aliphatic rings. The molecule has 0 radical (unpaired) electrons. The molecule has 1 amide bonds. The van der Waals surface area contributed by atoms with Crippen LogP contribution in [-0.4, -0.2) is 24.5 Å². The van der Waals surface area contributed by atoms with Gasteiger partial charge in [-0.2, -0.15) is 0 Å². The monoisotopic (exact) mass is 433 g/mol. The number of hydrogen-bond acceptors (Lipinski definition) is 5. The van der Waals surface area contributed by atoms with Gasteiger partial charge in [-0.15, -0.1) is 11.3 Å². The maximum absolute atomic E-state index is 12.2. The SMILES string of the molecule is COc1cc(NC(=O)c2csc(CCN)n2)c(Br)cc1Br. The Morgan fingerprint density at radius 1 is 1.43 bits per heavy atom. The Bertz CT molecular complexity index is 661. The standard InChI is InChI=1S/C13H13Br2N3O2S/c1-20-11-5-9(7(14)4-8(11)15)18-13(19)10-6-21-12(17-10)2-3-16/h4-6H,2-3,16H2,1H3,(H,18,19). The van der Waals surface area contributed by atoms with E-state index in [9.17, 15) is 4.79 Å². The summed E-state index contributed by atoms with van der Waals surface area (Å²) in [5.41, 5.74) is 6.48. The summed E-state index contributed by atoms with van der Waals surface area (Å²) in [6.07, 6.45) is 0.674. The molecular weight excluding hydrogens is 422 g/mol. The van der Waals surface area contributed by atoms with Gasteiger partial charge in [0.2, 0.25) is 0 Å². The number of benzene rings is 1. The van der Waals surface area contributed by atoms with E-state index in [2.05, 4.69) is 42.2 Å². The Hall–Kier alpha value is -0.960. The number of carbonyl (C=O) groups is 1. The Labute approximate surface area is 143 Å². The highest BCUT2D eigenvalue weighted by atomic mass is 79.9. The van der Waals surface area contributed by atoms with Crippen molar-refractivity contribution in [2.75, 3.05) is 19.0 Å². The molecule has 0 saturated heterocycles. The number of anilines is 1. The maximum atomic E-state index is 12.2. The largest absolute Gasteiger partial charge is 0.495 e. The number of carbonyl (C=O) groups excluding carboxylic acids is 1. The molecule has 1 aromatic carbocycles. The lowest BCUT2D eigenvalue weighted by molar-refractivity contribution is 0.102. The fourth-order valence-electron chi connectivity index (χ4n) is 1.62. The Balaban J connectivity index is 2.18. The summed E-state index contributed by atoms with van der Waals surface area (Å²) >= 11 is 8.22. The summed E-state index contributed by atoms with van der Waals surface area (Å²) in [6, 6.07) is 3.55. The maximum Gasteiger partial charge on any atom is 0.275 e. The first-order valence-corrected chi connectivity index (χ1v) is 8.50. The quantitative estimate of drug-likeness (QED) is 0.755. The predicted molar refractivity (Wildman–Crippen MR) is 91.2 cm³/mol.